The fourth-order valence-electron chi connectivity index (χ4n) is 3.26. The van der Waals surface area contributed by atoms with Gasteiger partial charge in [-0.3, -0.25) is 4.90 Å². The number of aliphatic hydroxyl groups is 1. The van der Waals surface area contributed by atoms with Gasteiger partial charge in [0.25, 0.3) is 0 Å². The topological polar surface area (TPSA) is 32.7 Å². The molecule has 0 spiro atoms. The van der Waals surface area contributed by atoms with Crippen molar-refractivity contribution < 1.29 is 18.6 Å². The molecule has 5 heteroatoms. The van der Waals surface area contributed by atoms with Crippen LogP contribution < -0.4 is 0 Å². The van der Waals surface area contributed by atoms with E-state index in [1.807, 2.05) is 18.2 Å². The average Bonchev–Trinajstić information content (AvgIpc) is 2.59. The monoisotopic (exact) mass is 333 g/mol. The highest BCUT2D eigenvalue weighted by Crippen LogP contribution is 2.34. The molecule has 1 atom stereocenters. The van der Waals surface area contributed by atoms with Crippen LogP contribution in [-0.4, -0.2) is 36.3 Å². The van der Waals surface area contributed by atoms with Crippen molar-refractivity contribution >= 4 is 0 Å². The zero-order chi connectivity index (χ0) is 17.0. The zero-order valence-electron chi connectivity index (χ0n) is 13.4. The van der Waals surface area contributed by atoms with Gasteiger partial charge in [-0.25, -0.2) is 8.78 Å². The van der Waals surface area contributed by atoms with Crippen molar-refractivity contribution in [2.24, 2.45) is 0 Å². The first-order valence-electron chi connectivity index (χ1n) is 8.10. The van der Waals surface area contributed by atoms with Crippen LogP contribution in [0.2, 0.25) is 0 Å². The number of morpholine rings is 1. The summed E-state index contributed by atoms with van der Waals surface area (Å²) < 4.78 is 32.9. The molecule has 1 fully saturated rings. The Morgan fingerprint density at radius 2 is 1.88 bits per heavy atom. The third kappa shape index (κ3) is 3.64. The molecule has 1 aliphatic heterocycles. The molecule has 1 aliphatic rings. The number of ether oxygens (including phenoxy) is 1. The quantitative estimate of drug-likeness (QED) is 0.913. The van der Waals surface area contributed by atoms with Crippen LogP contribution in [0.15, 0.2) is 48.5 Å². The van der Waals surface area contributed by atoms with Gasteiger partial charge in [-0.05, 0) is 23.3 Å². The maximum atomic E-state index is 13.7. The van der Waals surface area contributed by atoms with Crippen LogP contribution in [0.1, 0.15) is 17.5 Å². The highest BCUT2D eigenvalue weighted by atomic mass is 19.2. The molecule has 0 amide bonds. The van der Waals surface area contributed by atoms with Gasteiger partial charge in [-0.2, -0.15) is 0 Å². The SMILES string of the molecule is OCC[C@@]1(c2ccc(F)c(F)c2)CN(Cc2ccccc2)CCO1. The van der Waals surface area contributed by atoms with Crippen LogP contribution >= 0.6 is 0 Å². The minimum absolute atomic E-state index is 0.0851. The summed E-state index contributed by atoms with van der Waals surface area (Å²) in [6.07, 6.45) is 0.337. The Balaban J connectivity index is 1.84. The van der Waals surface area contributed by atoms with Crippen LogP contribution in [0, 0.1) is 11.6 Å². The summed E-state index contributed by atoms with van der Waals surface area (Å²) in [7, 11) is 0. The highest BCUT2D eigenvalue weighted by molar-refractivity contribution is 5.26. The number of benzene rings is 2. The van der Waals surface area contributed by atoms with E-state index in [-0.39, 0.29) is 6.61 Å². The van der Waals surface area contributed by atoms with Crippen molar-refractivity contribution in [3.05, 3.63) is 71.3 Å². The van der Waals surface area contributed by atoms with Crippen molar-refractivity contribution in [1.82, 2.24) is 4.90 Å². The Kier molecular flexibility index (Phi) is 5.23. The average molecular weight is 333 g/mol. The molecule has 0 radical (unpaired) electrons. The Hall–Kier alpha value is -1.82. The molecule has 1 saturated heterocycles. The van der Waals surface area contributed by atoms with Gasteiger partial charge in [-0.15, -0.1) is 0 Å². The summed E-state index contributed by atoms with van der Waals surface area (Å²) in [4.78, 5) is 2.22. The number of nitrogens with zero attached hydrogens (tertiary/aromatic N) is 1. The molecule has 1 N–H and O–H groups in total. The summed E-state index contributed by atoms with van der Waals surface area (Å²) in [6, 6.07) is 13.9. The Morgan fingerprint density at radius 1 is 1.08 bits per heavy atom. The van der Waals surface area contributed by atoms with Gasteiger partial charge < -0.3 is 9.84 Å². The normalized spacial score (nSPS) is 21.8. The fourth-order valence-corrected chi connectivity index (χ4v) is 3.26. The summed E-state index contributed by atoms with van der Waals surface area (Å²) in [5.41, 5.74) is 0.923. The lowest BCUT2D eigenvalue weighted by Crippen LogP contribution is -2.50. The van der Waals surface area contributed by atoms with Crippen molar-refractivity contribution in [2.45, 2.75) is 18.6 Å². The molecule has 0 aromatic heterocycles. The first-order valence-corrected chi connectivity index (χ1v) is 8.10. The van der Waals surface area contributed by atoms with E-state index >= 15 is 0 Å². The van der Waals surface area contributed by atoms with Crippen LogP contribution in [0.4, 0.5) is 8.78 Å². The minimum Gasteiger partial charge on any atom is -0.396 e. The number of hydrogen-bond acceptors (Lipinski definition) is 3. The summed E-state index contributed by atoms with van der Waals surface area (Å²) >= 11 is 0. The predicted octanol–water partition coefficient (Wildman–Crippen LogP) is 3.07. The molecule has 3 nitrogen and oxygen atoms in total. The zero-order valence-corrected chi connectivity index (χ0v) is 13.4. The molecular formula is C19H21F2NO2. The van der Waals surface area contributed by atoms with Crippen molar-refractivity contribution in [2.75, 3.05) is 26.3 Å². The van der Waals surface area contributed by atoms with Crippen molar-refractivity contribution in [1.29, 1.82) is 0 Å². The molecular weight excluding hydrogens is 312 g/mol. The standard InChI is InChI=1S/C19H21F2NO2/c20-17-7-6-16(12-18(17)21)19(8-10-23)14-22(9-11-24-19)13-15-4-2-1-3-5-15/h1-7,12,23H,8-11,13-14H2/t19-/m0/s1. The molecule has 128 valence electrons. The number of rotatable bonds is 5. The minimum atomic E-state index is -0.895. The Morgan fingerprint density at radius 3 is 2.58 bits per heavy atom. The molecule has 2 aromatic carbocycles. The smallest absolute Gasteiger partial charge is 0.159 e. The molecule has 0 aliphatic carbocycles. The van der Waals surface area contributed by atoms with Gasteiger partial charge in [-0.1, -0.05) is 36.4 Å². The first-order chi connectivity index (χ1) is 11.6. The van der Waals surface area contributed by atoms with E-state index < -0.39 is 17.2 Å². The van der Waals surface area contributed by atoms with E-state index in [1.165, 1.54) is 11.6 Å². The fraction of sp³-hybridized carbons (Fsp3) is 0.368. The Bertz CT molecular complexity index is 676. The van der Waals surface area contributed by atoms with E-state index in [2.05, 4.69) is 17.0 Å². The molecule has 2 aromatic rings. The lowest BCUT2D eigenvalue weighted by atomic mass is 9.88. The van der Waals surface area contributed by atoms with Crippen LogP contribution in [0.5, 0.6) is 0 Å². The van der Waals surface area contributed by atoms with Gasteiger partial charge >= 0.3 is 0 Å². The van der Waals surface area contributed by atoms with Gasteiger partial charge in [0.1, 0.15) is 5.60 Å². The lowest BCUT2D eigenvalue weighted by Gasteiger charge is -2.43. The third-order valence-corrected chi connectivity index (χ3v) is 4.48. The molecule has 24 heavy (non-hydrogen) atoms. The molecule has 0 bridgehead atoms. The van der Waals surface area contributed by atoms with E-state index in [9.17, 15) is 13.9 Å². The second kappa shape index (κ2) is 7.38. The van der Waals surface area contributed by atoms with Crippen LogP contribution in [0.3, 0.4) is 0 Å². The van der Waals surface area contributed by atoms with Crippen molar-refractivity contribution in [3.8, 4) is 0 Å². The largest absolute Gasteiger partial charge is 0.396 e. The first kappa shape index (κ1) is 17.0. The van der Waals surface area contributed by atoms with Crippen LogP contribution in [-0.2, 0) is 16.9 Å². The second-order valence-corrected chi connectivity index (χ2v) is 6.14. The molecule has 0 unspecified atom stereocenters. The van der Waals surface area contributed by atoms with E-state index in [1.54, 1.807) is 6.07 Å². The summed E-state index contributed by atoms with van der Waals surface area (Å²) in [5, 5.41) is 9.48. The van der Waals surface area contributed by atoms with E-state index in [0.29, 0.717) is 25.1 Å². The second-order valence-electron chi connectivity index (χ2n) is 6.14. The predicted molar refractivity (Wildman–Crippen MR) is 87.4 cm³/mol. The molecule has 3 rings (SSSR count). The van der Waals surface area contributed by atoms with Gasteiger partial charge in [0, 0.05) is 32.7 Å². The van der Waals surface area contributed by atoms with Gasteiger partial charge in [0.2, 0.25) is 0 Å². The van der Waals surface area contributed by atoms with Crippen molar-refractivity contribution in [3.63, 3.8) is 0 Å². The van der Waals surface area contributed by atoms with Gasteiger partial charge in [0.15, 0.2) is 11.6 Å². The maximum absolute atomic E-state index is 13.7. The van der Waals surface area contributed by atoms with Crippen LogP contribution in [0.25, 0.3) is 0 Å². The van der Waals surface area contributed by atoms with Gasteiger partial charge in [0.05, 0.1) is 6.61 Å². The van der Waals surface area contributed by atoms with E-state index in [0.717, 1.165) is 19.2 Å². The number of aliphatic hydroxyl groups excluding tert-OH is 1. The number of halogens is 2. The molecule has 0 saturated carbocycles. The van der Waals surface area contributed by atoms with E-state index in [4.69, 9.17) is 4.74 Å². The maximum Gasteiger partial charge on any atom is 0.159 e. The summed E-state index contributed by atoms with van der Waals surface area (Å²) in [5.74, 6) is -1.77. The lowest BCUT2D eigenvalue weighted by molar-refractivity contribution is -0.127. The summed E-state index contributed by atoms with van der Waals surface area (Å²) in [6.45, 7) is 2.42. The highest BCUT2D eigenvalue weighted by Gasteiger charge is 2.38. The molecule has 1 heterocycles. The number of hydrogen-bond donors (Lipinski definition) is 1. The Labute approximate surface area is 140 Å². The third-order valence-electron chi connectivity index (χ3n) is 4.48.